The van der Waals surface area contributed by atoms with Gasteiger partial charge in [0.25, 0.3) is 5.91 Å². The Morgan fingerprint density at radius 3 is 3.16 bits per heavy atom. The summed E-state index contributed by atoms with van der Waals surface area (Å²) in [6.45, 7) is 1.19. The normalized spacial score (nSPS) is 17.4. The Balaban J connectivity index is 1.43. The Labute approximate surface area is 143 Å². The van der Waals surface area contributed by atoms with Crippen molar-refractivity contribution in [2.45, 2.75) is 18.9 Å². The molecule has 0 aromatic carbocycles. The van der Waals surface area contributed by atoms with Gasteiger partial charge in [-0.3, -0.25) is 9.89 Å². The number of rotatable bonds is 4. The zero-order chi connectivity index (χ0) is 17.1. The summed E-state index contributed by atoms with van der Waals surface area (Å²) in [5, 5.41) is 6.96. The van der Waals surface area contributed by atoms with E-state index in [0.29, 0.717) is 36.1 Å². The molecule has 1 unspecified atom stereocenters. The minimum atomic E-state index is -0.120. The molecule has 1 N–H and O–H groups in total. The van der Waals surface area contributed by atoms with Gasteiger partial charge in [-0.25, -0.2) is 9.97 Å². The fourth-order valence-electron chi connectivity index (χ4n) is 2.89. The minimum absolute atomic E-state index is 0.0870. The molecule has 1 amide bonds. The number of hydrogen-bond acceptors (Lipinski definition) is 6. The van der Waals surface area contributed by atoms with Crippen LogP contribution >= 0.6 is 0 Å². The molecule has 1 aliphatic rings. The molecule has 0 spiro atoms. The lowest BCUT2D eigenvalue weighted by atomic mass is 10.1. The first-order valence-electron chi connectivity index (χ1n) is 8.11. The number of likely N-dealkylation sites (tertiary alicyclic amines) is 1. The quantitative estimate of drug-likeness (QED) is 0.782. The van der Waals surface area contributed by atoms with E-state index in [1.165, 1.54) is 6.33 Å². The molecule has 25 heavy (non-hydrogen) atoms. The lowest BCUT2D eigenvalue weighted by Crippen LogP contribution is -2.44. The van der Waals surface area contributed by atoms with Crippen molar-refractivity contribution in [2.75, 3.05) is 13.1 Å². The monoisotopic (exact) mass is 339 g/mol. The van der Waals surface area contributed by atoms with Crippen LogP contribution in [0.4, 0.5) is 0 Å². The van der Waals surface area contributed by atoms with E-state index in [-0.39, 0.29) is 12.0 Å². The van der Waals surface area contributed by atoms with Gasteiger partial charge in [-0.1, -0.05) is 0 Å². The highest BCUT2D eigenvalue weighted by Gasteiger charge is 2.27. The van der Waals surface area contributed by atoms with Crippen LogP contribution in [0.5, 0.6) is 5.88 Å². The molecule has 3 aromatic rings. The van der Waals surface area contributed by atoms with E-state index >= 15 is 0 Å². The molecular formula is C17H17N5O3. The zero-order valence-corrected chi connectivity index (χ0v) is 13.5. The van der Waals surface area contributed by atoms with Gasteiger partial charge in [0.2, 0.25) is 5.88 Å². The minimum Gasteiger partial charge on any atom is -0.472 e. The molecule has 0 saturated carbocycles. The number of ether oxygens (including phenoxy) is 1. The topological polar surface area (TPSA) is 97.1 Å². The lowest BCUT2D eigenvalue weighted by Gasteiger charge is -2.32. The number of nitrogens with zero attached hydrogens (tertiary/aromatic N) is 4. The van der Waals surface area contributed by atoms with Gasteiger partial charge in [0.1, 0.15) is 18.1 Å². The molecule has 8 nitrogen and oxygen atoms in total. The molecule has 0 radical (unpaired) electrons. The Kier molecular flexibility index (Phi) is 4.16. The van der Waals surface area contributed by atoms with E-state index in [9.17, 15) is 4.79 Å². The number of aromatic amines is 1. The van der Waals surface area contributed by atoms with Crippen molar-refractivity contribution in [1.29, 1.82) is 0 Å². The summed E-state index contributed by atoms with van der Waals surface area (Å²) in [5.74, 6) is 1.05. The molecule has 0 bridgehead atoms. The van der Waals surface area contributed by atoms with E-state index in [1.54, 1.807) is 35.6 Å². The molecule has 128 valence electrons. The van der Waals surface area contributed by atoms with Crippen LogP contribution in [0.2, 0.25) is 0 Å². The smallest absolute Gasteiger partial charge is 0.274 e. The highest BCUT2D eigenvalue weighted by atomic mass is 16.5. The van der Waals surface area contributed by atoms with Crippen molar-refractivity contribution in [3.63, 3.8) is 0 Å². The molecule has 3 aromatic heterocycles. The maximum Gasteiger partial charge on any atom is 0.274 e. The highest BCUT2D eigenvalue weighted by molar-refractivity contribution is 5.93. The third kappa shape index (κ3) is 3.37. The van der Waals surface area contributed by atoms with Crippen LogP contribution in [-0.4, -0.2) is 50.2 Å². The first-order valence-corrected chi connectivity index (χ1v) is 8.11. The Bertz CT molecular complexity index is 831. The highest BCUT2D eigenvalue weighted by Crippen LogP contribution is 2.21. The number of carbonyl (C=O) groups is 1. The van der Waals surface area contributed by atoms with Crippen molar-refractivity contribution in [3.05, 3.63) is 48.7 Å². The van der Waals surface area contributed by atoms with Crippen LogP contribution in [0.3, 0.4) is 0 Å². The second kappa shape index (κ2) is 6.76. The number of amides is 1. The van der Waals surface area contributed by atoms with Crippen molar-refractivity contribution in [3.8, 4) is 17.3 Å². The summed E-state index contributed by atoms with van der Waals surface area (Å²) in [5.41, 5.74) is 1.05. The van der Waals surface area contributed by atoms with E-state index in [0.717, 1.165) is 12.8 Å². The molecule has 1 aliphatic heterocycles. The average Bonchev–Trinajstić information content (AvgIpc) is 3.34. The fourth-order valence-corrected chi connectivity index (χ4v) is 2.89. The van der Waals surface area contributed by atoms with Gasteiger partial charge in [0, 0.05) is 24.9 Å². The average molecular weight is 339 g/mol. The van der Waals surface area contributed by atoms with Crippen molar-refractivity contribution in [1.82, 2.24) is 25.1 Å². The number of H-pyrrole nitrogens is 1. The molecule has 1 saturated heterocycles. The largest absolute Gasteiger partial charge is 0.472 e. The number of nitrogens with one attached hydrogen (secondary N) is 1. The number of carbonyl (C=O) groups excluding carboxylic acids is 1. The second-order valence-electron chi connectivity index (χ2n) is 5.83. The van der Waals surface area contributed by atoms with Gasteiger partial charge in [-0.15, -0.1) is 0 Å². The molecule has 8 heteroatoms. The maximum absolute atomic E-state index is 12.7. The van der Waals surface area contributed by atoms with Gasteiger partial charge >= 0.3 is 0 Å². The van der Waals surface area contributed by atoms with E-state index in [4.69, 9.17) is 9.15 Å². The summed E-state index contributed by atoms with van der Waals surface area (Å²) in [6, 6.07) is 7.02. The number of aromatic nitrogens is 4. The number of hydrogen-bond donors (Lipinski definition) is 1. The van der Waals surface area contributed by atoms with E-state index in [2.05, 4.69) is 20.2 Å². The maximum atomic E-state index is 12.7. The molecule has 1 fully saturated rings. The van der Waals surface area contributed by atoms with Gasteiger partial charge in [-0.2, -0.15) is 5.10 Å². The first-order chi connectivity index (χ1) is 12.3. The summed E-state index contributed by atoms with van der Waals surface area (Å²) in [6.07, 6.45) is 6.33. The fraction of sp³-hybridized carbons (Fsp3) is 0.294. The zero-order valence-electron chi connectivity index (χ0n) is 13.5. The van der Waals surface area contributed by atoms with Crippen molar-refractivity contribution < 1.29 is 13.9 Å². The van der Waals surface area contributed by atoms with Gasteiger partial charge < -0.3 is 14.1 Å². The SMILES string of the molecule is O=C(c1cc(-c2ccco2)[nH]n1)N1CCCC(Oc2ccncn2)C1. The molecular weight excluding hydrogens is 322 g/mol. The van der Waals surface area contributed by atoms with E-state index in [1.807, 2.05) is 6.07 Å². The van der Waals surface area contributed by atoms with Crippen LogP contribution in [-0.2, 0) is 0 Å². The van der Waals surface area contributed by atoms with Crippen molar-refractivity contribution >= 4 is 5.91 Å². The van der Waals surface area contributed by atoms with Crippen LogP contribution < -0.4 is 4.74 Å². The Morgan fingerprint density at radius 1 is 1.40 bits per heavy atom. The standard InChI is InChI=1S/C17H17N5O3/c23-17(14-9-13(20-21-14)15-4-2-8-24-15)22-7-1-3-12(10-22)25-16-5-6-18-11-19-16/h2,4-6,8-9,11-12H,1,3,7,10H2,(H,20,21). The summed E-state index contributed by atoms with van der Waals surface area (Å²) < 4.78 is 11.2. The number of piperidine rings is 1. The van der Waals surface area contributed by atoms with Crippen LogP contribution in [0, 0.1) is 0 Å². The summed E-state index contributed by atoms with van der Waals surface area (Å²) in [4.78, 5) is 22.4. The molecule has 1 atom stereocenters. The Morgan fingerprint density at radius 2 is 2.36 bits per heavy atom. The molecule has 0 aliphatic carbocycles. The molecule has 4 heterocycles. The summed E-state index contributed by atoms with van der Waals surface area (Å²) >= 11 is 0. The third-order valence-electron chi connectivity index (χ3n) is 4.09. The first kappa shape index (κ1) is 15.4. The third-order valence-corrected chi connectivity index (χ3v) is 4.09. The van der Waals surface area contributed by atoms with E-state index < -0.39 is 0 Å². The predicted octanol–water partition coefficient (Wildman–Crippen LogP) is 2.14. The van der Waals surface area contributed by atoms with Gasteiger partial charge in [0.05, 0.1) is 12.8 Å². The van der Waals surface area contributed by atoms with Crippen LogP contribution in [0.1, 0.15) is 23.3 Å². The van der Waals surface area contributed by atoms with Crippen LogP contribution in [0.15, 0.2) is 47.5 Å². The second-order valence-corrected chi connectivity index (χ2v) is 5.83. The van der Waals surface area contributed by atoms with Gasteiger partial charge in [-0.05, 0) is 25.0 Å². The van der Waals surface area contributed by atoms with Crippen molar-refractivity contribution in [2.24, 2.45) is 0 Å². The van der Waals surface area contributed by atoms with Gasteiger partial charge in [0.15, 0.2) is 11.5 Å². The Hall–Kier alpha value is -3.16. The number of furan rings is 1. The van der Waals surface area contributed by atoms with Crippen LogP contribution in [0.25, 0.3) is 11.5 Å². The predicted molar refractivity (Wildman–Crippen MR) is 87.9 cm³/mol. The summed E-state index contributed by atoms with van der Waals surface area (Å²) in [7, 11) is 0. The molecule has 4 rings (SSSR count). The lowest BCUT2D eigenvalue weighted by molar-refractivity contribution is 0.0522.